The molecule has 0 saturated heterocycles. The van der Waals surface area contributed by atoms with Crippen LogP contribution < -0.4 is 10.1 Å². The van der Waals surface area contributed by atoms with Crippen molar-refractivity contribution in [3.05, 3.63) is 59.9 Å². The van der Waals surface area contributed by atoms with Crippen LogP contribution in [0.5, 0.6) is 5.75 Å². The number of aromatic nitrogens is 1. The minimum absolute atomic E-state index is 0.0677. The highest BCUT2D eigenvalue weighted by molar-refractivity contribution is 5.93. The van der Waals surface area contributed by atoms with E-state index in [4.69, 9.17) is 4.74 Å². The van der Waals surface area contributed by atoms with Crippen molar-refractivity contribution in [1.29, 1.82) is 0 Å². The number of hydrogen-bond donors (Lipinski definition) is 1. The van der Waals surface area contributed by atoms with Gasteiger partial charge in [-0.25, -0.2) is 0 Å². The lowest BCUT2D eigenvalue weighted by Crippen LogP contribution is -2.25. The SMILES string of the molecule is CCCCOc1ccc(CCNC(=O)c2ccncc2)cc1. The molecule has 0 aliphatic carbocycles. The molecule has 0 aliphatic rings. The summed E-state index contributed by atoms with van der Waals surface area (Å²) in [6, 6.07) is 11.5. The van der Waals surface area contributed by atoms with E-state index in [-0.39, 0.29) is 5.91 Å². The minimum atomic E-state index is -0.0677. The van der Waals surface area contributed by atoms with Crippen molar-refractivity contribution in [3.8, 4) is 5.75 Å². The van der Waals surface area contributed by atoms with E-state index in [1.54, 1.807) is 24.5 Å². The van der Waals surface area contributed by atoms with Crippen molar-refractivity contribution in [2.24, 2.45) is 0 Å². The molecule has 2 rings (SSSR count). The van der Waals surface area contributed by atoms with Gasteiger partial charge in [-0.3, -0.25) is 9.78 Å². The van der Waals surface area contributed by atoms with Gasteiger partial charge in [0, 0.05) is 24.5 Å². The summed E-state index contributed by atoms with van der Waals surface area (Å²) in [4.78, 5) is 15.8. The molecule has 22 heavy (non-hydrogen) atoms. The Morgan fingerprint density at radius 2 is 1.86 bits per heavy atom. The molecule has 1 amide bonds. The highest BCUT2D eigenvalue weighted by atomic mass is 16.5. The van der Waals surface area contributed by atoms with Gasteiger partial charge in [0.1, 0.15) is 5.75 Å². The van der Waals surface area contributed by atoms with Gasteiger partial charge in [0.15, 0.2) is 0 Å². The second-order valence-electron chi connectivity index (χ2n) is 5.09. The lowest BCUT2D eigenvalue weighted by molar-refractivity contribution is 0.0954. The fraction of sp³-hybridized carbons (Fsp3) is 0.333. The minimum Gasteiger partial charge on any atom is -0.494 e. The fourth-order valence-electron chi connectivity index (χ4n) is 2.01. The van der Waals surface area contributed by atoms with Crippen LogP contribution in [0.1, 0.15) is 35.7 Å². The van der Waals surface area contributed by atoms with Crippen molar-refractivity contribution in [2.75, 3.05) is 13.2 Å². The topological polar surface area (TPSA) is 51.2 Å². The van der Waals surface area contributed by atoms with Crippen molar-refractivity contribution < 1.29 is 9.53 Å². The van der Waals surface area contributed by atoms with Crippen LogP contribution in [-0.4, -0.2) is 24.0 Å². The molecule has 0 spiro atoms. The van der Waals surface area contributed by atoms with Crippen LogP contribution in [0.4, 0.5) is 0 Å². The third-order valence-electron chi connectivity index (χ3n) is 3.33. The molecular formula is C18H22N2O2. The molecule has 1 aromatic carbocycles. The number of pyridine rings is 1. The highest BCUT2D eigenvalue weighted by Gasteiger charge is 2.03. The summed E-state index contributed by atoms with van der Waals surface area (Å²) in [5.74, 6) is 0.833. The number of hydrogen-bond acceptors (Lipinski definition) is 3. The van der Waals surface area contributed by atoms with Crippen molar-refractivity contribution >= 4 is 5.91 Å². The highest BCUT2D eigenvalue weighted by Crippen LogP contribution is 2.13. The number of nitrogens with zero attached hydrogens (tertiary/aromatic N) is 1. The smallest absolute Gasteiger partial charge is 0.251 e. The standard InChI is InChI=1S/C18H22N2O2/c1-2-3-14-22-17-6-4-15(5-7-17)8-13-20-18(21)16-9-11-19-12-10-16/h4-7,9-12H,2-3,8,13-14H2,1H3,(H,20,21). The van der Waals surface area contributed by atoms with Crippen molar-refractivity contribution in [1.82, 2.24) is 10.3 Å². The molecule has 4 heteroatoms. The summed E-state index contributed by atoms with van der Waals surface area (Å²) >= 11 is 0. The lowest BCUT2D eigenvalue weighted by atomic mass is 10.1. The van der Waals surface area contributed by atoms with E-state index in [1.807, 2.05) is 24.3 Å². The van der Waals surface area contributed by atoms with Gasteiger partial charge >= 0.3 is 0 Å². The predicted molar refractivity (Wildman–Crippen MR) is 87.1 cm³/mol. The normalized spacial score (nSPS) is 10.2. The van der Waals surface area contributed by atoms with Crippen LogP contribution >= 0.6 is 0 Å². The van der Waals surface area contributed by atoms with E-state index in [1.165, 1.54) is 5.56 Å². The monoisotopic (exact) mass is 298 g/mol. The Hall–Kier alpha value is -2.36. The summed E-state index contributed by atoms with van der Waals surface area (Å²) < 4.78 is 5.63. The largest absolute Gasteiger partial charge is 0.494 e. The summed E-state index contributed by atoms with van der Waals surface area (Å²) in [7, 11) is 0. The Kier molecular flexibility index (Phi) is 6.42. The zero-order valence-electron chi connectivity index (χ0n) is 12.9. The molecule has 0 unspecified atom stereocenters. The number of carbonyl (C=O) groups is 1. The number of amides is 1. The van der Waals surface area contributed by atoms with E-state index in [2.05, 4.69) is 17.2 Å². The number of carbonyl (C=O) groups excluding carboxylic acids is 1. The van der Waals surface area contributed by atoms with Gasteiger partial charge in [-0.15, -0.1) is 0 Å². The molecule has 0 radical (unpaired) electrons. The second kappa shape index (κ2) is 8.82. The summed E-state index contributed by atoms with van der Waals surface area (Å²) in [5, 5.41) is 2.91. The molecular weight excluding hydrogens is 276 g/mol. The molecule has 0 fully saturated rings. The van der Waals surface area contributed by atoms with E-state index in [0.29, 0.717) is 12.1 Å². The van der Waals surface area contributed by atoms with Gasteiger partial charge in [-0.1, -0.05) is 25.5 Å². The number of rotatable bonds is 8. The van der Waals surface area contributed by atoms with Crippen LogP contribution in [0, 0.1) is 0 Å². The van der Waals surface area contributed by atoms with Gasteiger partial charge in [0.25, 0.3) is 5.91 Å². The molecule has 4 nitrogen and oxygen atoms in total. The maximum Gasteiger partial charge on any atom is 0.251 e. The van der Waals surface area contributed by atoms with Gasteiger partial charge < -0.3 is 10.1 Å². The van der Waals surface area contributed by atoms with Crippen molar-refractivity contribution in [3.63, 3.8) is 0 Å². The molecule has 116 valence electrons. The third-order valence-corrected chi connectivity index (χ3v) is 3.33. The summed E-state index contributed by atoms with van der Waals surface area (Å²) in [6.45, 7) is 3.52. The maximum atomic E-state index is 11.9. The van der Waals surface area contributed by atoms with E-state index in [0.717, 1.165) is 31.6 Å². The Labute approximate surface area is 131 Å². The average molecular weight is 298 g/mol. The maximum absolute atomic E-state index is 11.9. The first-order valence-electron chi connectivity index (χ1n) is 7.69. The third kappa shape index (κ3) is 5.20. The first-order valence-corrected chi connectivity index (χ1v) is 7.69. The molecule has 0 bridgehead atoms. The van der Waals surface area contributed by atoms with Crippen LogP contribution in [0.2, 0.25) is 0 Å². The molecule has 0 atom stereocenters. The Morgan fingerprint density at radius 3 is 2.55 bits per heavy atom. The fourth-order valence-corrected chi connectivity index (χ4v) is 2.01. The molecule has 0 saturated carbocycles. The summed E-state index contributed by atoms with van der Waals surface area (Å²) in [6.07, 6.45) is 6.24. The zero-order valence-corrected chi connectivity index (χ0v) is 12.9. The zero-order chi connectivity index (χ0) is 15.6. The number of ether oxygens (including phenoxy) is 1. The van der Waals surface area contributed by atoms with Gasteiger partial charge in [-0.05, 0) is 42.7 Å². The van der Waals surface area contributed by atoms with Gasteiger partial charge in [-0.2, -0.15) is 0 Å². The Balaban J connectivity index is 1.74. The molecule has 1 heterocycles. The Morgan fingerprint density at radius 1 is 1.14 bits per heavy atom. The molecule has 1 N–H and O–H groups in total. The first kappa shape index (κ1) is 16.0. The van der Waals surface area contributed by atoms with Gasteiger partial charge in [0.2, 0.25) is 0 Å². The Bertz CT molecular complexity index is 567. The molecule has 2 aromatic rings. The average Bonchev–Trinajstić information content (AvgIpc) is 2.57. The summed E-state index contributed by atoms with van der Waals surface area (Å²) in [5.41, 5.74) is 1.81. The first-order chi connectivity index (χ1) is 10.8. The number of unbranched alkanes of at least 4 members (excludes halogenated alkanes) is 1. The quantitative estimate of drug-likeness (QED) is 0.761. The van der Waals surface area contributed by atoms with E-state index >= 15 is 0 Å². The lowest BCUT2D eigenvalue weighted by Gasteiger charge is -2.07. The van der Waals surface area contributed by atoms with E-state index in [9.17, 15) is 4.79 Å². The second-order valence-corrected chi connectivity index (χ2v) is 5.09. The van der Waals surface area contributed by atoms with E-state index < -0.39 is 0 Å². The van der Waals surface area contributed by atoms with Gasteiger partial charge in [0.05, 0.1) is 6.61 Å². The van der Waals surface area contributed by atoms with Crippen LogP contribution in [0.25, 0.3) is 0 Å². The van der Waals surface area contributed by atoms with Crippen LogP contribution in [0.15, 0.2) is 48.8 Å². The number of nitrogens with one attached hydrogen (secondary N) is 1. The predicted octanol–water partition coefficient (Wildman–Crippen LogP) is 3.23. The van der Waals surface area contributed by atoms with Crippen molar-refractivity contribution in [2.45, 2.75) is 26.2 Å². The molecule has 0 aliphatic heterocycles. The molecule has 1 aromatic heterocycles. The van der Waals surface area contributed by atoms with Crippen LogP contribution in [-0.2, 0) is 6.42 Å². The van der Waals surface area contributed by atoms with Crippen LogP contribution in [0.3, 0.4) is 0 Å². The number of benzene rings is 1.